The number of aromatic nitrogens is 2. The summed E-state index contributed by atoms with van der Waals surface area (Å²) in [6.07, 6.45) is 4.06. The van der Waals surface area contributed by atoms with Gasteiger partial charge in [-0.2, -0.15) is 0 Å². The van der Waals surface area contributed by atoms with Gasteiger partial charge >= 0.3 is 12.1 Å². The van der Waals surface area contributed by atoms with Crippen molar-refractivity contribution in [3.63, 3.8) is 0 Å². The van der Waals surface area contributed by atoms with E-state index in [0.29, 0.717) is 12.8 Å². The minimum absolute atomic E-state index is 0.00753. The Morgan fingerprint density at radius 3 is 2.61 bits per heavy atom. The number of amides is 1. The van der Waals surface area contributed by atoms with Crippen LogP contribution in [0.15, 0.2) is 42.5 Å². The first-order valence-corrected chi connectivity index (χ1v) is 12.7. The maximum atomic E-state index is 12.6. The minimum atomic E-state index is -0.757. The highest BCUT2D eigenvalue weighted by atomic mass is 16.5. The Bertz CT molecular complexity index is 1270. The molecule has 1 saturated carbocycles. The Hall–Kier alpha value is -3.39. The zero-order chi connectivity index (χ0) is 25.4. The molecule has 1 amide bonds. The molecule has 0 bridgehead atoms. The summed E-state index contributed by atoms with van der Waals surface area (Å²) in [7, 11) is 1.39. The van der Waals surface area contributed by atoms with Gasteiger partial charge in [-0.15, -0.1) is 0 Å². The molecule has 0 saturated heterocycles. The second kappa shape index (κ2) is 9.93. The Labute approximate surface area is 210 Å². The zero-order valence-electron chi connectivity index (χ0n) is 20.8. The zero-order valence-corrected chi connectivity index (χ0v) is 20.8. The van der Waals surface area contributed by atoms with Crippen LogP contribution in [0.4, 0.5) is 10.5 Å². The molecule has 4 atom stereocenters. The number of aliphatic hydroxyl groups is 1. The molecular weight excluding hydrogens is 458 g/mol. The predicted molar refractivity (Wildman–Crippen MR) is 136 cm³/mol. The number of methoxy groups -OCH3 is 1. The standard InChI is InChI=1S/C28H33N3O5/c1-17-11-12-21-23(30(17)28(35)36-2)13-14-24-25(21)29-26(22(16-32)18-7-4-3-5-8-18)31(24)20-10-6-9-19(15-20)27(33)34/h3-5,7-8,13-14,17,19-20,22,32H,6,9-12,15-16H2,1-2H3,(H,33,34)/t17-,19?,20?,22?/m0/s1. The lowest BCUT2D eigenvalue weighted by Gasteiger charge is -2.34. The van der Waals surface area contributed by atoms with Gasteiger partial charge in [-0.1, -0.05) is 36.8 Å². The number of carboxylic acids is 1. The van der Waals surface area contributed by atoms with E-state index < -0.39 is 18.0 Å². The normalized spacial score (nSPS) is 22.8. The number of benzene rings is 2. The molecule has 1 fully saturated rings. The Kier molecular flexibility index (Phi) is 6.71. The van der Waals surface area contributed by atoms with Crippen LogP contribution in [0.5, 0.6) is 0 Å². The predicted octanol–water partition coefficient (Wildman–Crippen LogP) is 4.88. The number of fused-ring (bicyclic) bond motifs is 3. The van der Waals surface area contributed by atoms with E-state index in [0.717, 1.165) is 59.4 Å². The fraction of sp³-hybridized carbons (Fsp3) is 0.464. The van der Waals surface area contributed by atoms with Crippen LogP contribution in [0, 0.1) is 5.92 Å². The van der Waals surface area contributed by atoms with E-state index in [9.17, 15) is 19.8 Å². The number of ether oxygens (including phenoxy) is 1. The molecule has 3 unspecified atom stereocenters. The number of aliphatic carboxylic acids is 1. The van der Waals surface area contributed by atoms with Gasteiger partial charge in [0.1, 0.15) is 5.82 Å². The summed E-state index contributed by atoms with van der Waals surface area (Å²) in [6.45, 7) is 1.90. The van der Waals surface area contributed by atoms with Crippen molar-refractivity contribution in [3.05, 3.63) is 59.4 Å². The maximum Gasteiger partial charge on any atom is 0.414 e. The molecule has 36 heavy (non-hydrogen) atoms. The number of aryl methyl sites for hydroxylation is 1. The molecule has 1 aliphatic carbocycles. The summed E-state index contributed by atoms with van der Waals surface area (Å²) in [6, 6.07) is 13.7. The maximum absolute atomic E-state index is 12.6. The van der Waals surface area contributed by atoms with Crippen LogP contribution in [0.1, 0.15) is 67.9 Å². The summed E-state index contributed by atoms with van der Waals surface area (Å²) < 4.78 is 7.25. The van der Waals surface area contributed by atoms with Crippen molar-refractivity contribution in [2.45, 2.75) is 63.5 Å². The van der Waals surface area contributed by atoms with Gasteiger partial charge in [0, 0.05) is 17.6 Å². The van der Waals surface area contributed by atoms with E-state index in [2.05, 4.69) is 4.57 Å². The second-order valence-corrected chi connectivity index (χ2v) is 10.0. The number of hydrogen-bond donors (Lipinski definition) is 2. The van der Waals surface area contributed by atoms with Crippen LogP contribution in [-0.2, 0) is 16.0 Å². The molecule has 0 radical (unpaired) electrons. The van der Waals surface area contributed by atoms with Crippen molar-refractivity contribution in [1.82, 2.24) is 9.55 Å². The van der Waals surface area contributed by atoms with Gasteiger partial charge < -0.3 is 19.5 Å². The van der Waals surface area contributed by atoms with E-state index in [4.69, 9.17) is 9.72 Å². The molecule has 8 nitrogen and oxygen atoms in total. The number of carbonyl (C=O) groups excluding carboxylic acids is 1. The van der Waals surface area contributed by atoms with Crippen molar-refractivity contribution >= 4 is 28.8 Å². The highest BCUT2D eigenvalue weighted by Crippen LogP contribution is 2.42. The average molecular weight is 492 g/mol. The van der Waals surface area contributed by atoms with Crippen molar-refractivity contribution in [2.24, 2.45) is 5.92 Å². The van der Waals surface area contributed by atoms with E-state index in [1.54, 1.807) is 4.90 Å². The van der Waals surface area contributed by atoms with Gasteiger partial charge in [-0.3, -0.25) is 9.69 Å². The first kappa shape index (κ1) is 24.3. The molecule has 2 aliphatic rings. The first-order valence-electron chi connectivity index (χ1n) is 12.7. The van der Waals surface area contributed by atoms with Crippen molar-refractivity contribution in [3.8, 4) is 0 Å². The van der Waals surface area contributed by atoms with Crippen LogP contribution in [0.2, 0.25) is 0 Å². The molecule has 2 heterocycles. The first-order chi connectivity index (χ1) is 17.4. The topological polar surface area (TPSA) is 105 Å². The van der Waals surface area contributed by atoms with Crippen LogP contribution in [0.25, 0.3) is 11.0 Å². The molecule has 190 valence electrons. The lowest BCUT2D eigenvalue weighted by molar-refractivity contribution is -0.143. The van der Waals surface area contributed by atoms with Gasteiger partial charge in [0.25, 0.3) is 0 Å². The smallest absolute Gasteiger partial charge is 0.414 e. The lowest BCUT2D eigenvalue weighted by atomic mass is 9.85. The number of aliphatic hydroxyl groups excluding tert-OH is 1. The van der Waals surface area contributed by atoms with Gasteiger partial charge in [0.05, 0.1) is 42.3 Å². The van der Waals surface area contributed by atoms with E-state index in [1.807, 2.05) is 49.4 Å². The second-order valence-electron chi connectivity index (χ2n) is 10.0. The Morgan fingerprint density at radius 2 is 1.92 bits per heavy atom. The molecule has 8 heteroatoms. The van der Waals surface area contributed by atoms with Crippen LogP contribution in [0.3, 0.4) is 0 Å². The van der Waals surface area contributed by atoms with Crippen LogP contribution in [-0.4, -0.2) is 51.6 Å². The number of carbonyl (C=O) groups is 2. The number of anilines is 1. The van der Waals surface area contributed by atoms with Gasteiger partial charge in [0.15, 0.2) is 0 Å². The van der Waals surface area contributed by atoms with Crippen molar-refractivity contribution < 1.29 is 24.5 Å². The minimum Gasteiger partial charge on any atom is -0.481 e. The highest BCUT2D eigenvalue weighted by Gasteiger charge is 2.35. The van der Waals surface area contributed by atoms with Gasteiger partial charge in [-0.25, -0.2) is 9.78 Å². The highest BCUT2D eigenvalue weighted by molar-refractivity contribution is 5.95. The number of imidazole rings is 1. The van der Waals surface area contributed by atoms with Gasteiger partial charge in [-0.05, 0) is 56.7 Å². The van der Waals surface area contributed by atoms with Crippen molar-refractivity contribution in [1.29, 1.82) is 0 Å². The van der Waals surface area contributed by atoms with Gasteiger partial charge in [0.2, 0.25) is 0 Å². The Morgan fingerprint density at radius 1 is 1.14 bits per heavy atom. The monoisotopic (exact) mass is 491 g/mol. The third-order valence-corrected chi connectivity index (χ3v) is 7.91. The van der Waals surface area contributed by atoms with Crippen LogP contribution < -0.4 is 4.90 Å². The van der Waals surface area contributed by atoms with Crippen LogP contribution >= 0.6 is 0 Å². The Balaban J connectivity index is 1.71. The molecule has 3 aromatic rings. The molecular formula is C28H33N3O5. The summed E-state index contributed by atoms with van der Waals surface area (Å²) in [5.41, 5.74) is 4.49. The SMILES string of the molecule is COC(=O)N1c2ccc3c(nc(C(CO)c4ccccc4)n3C3CCCC(C(=O)O)C3)c2CC[C@@H]1C. The summed E-state index contributed by atoms with van der Waals surface area (Å²) >= 11 is 0. The fourth-order valence-electron chi connectivity index (χ4n) is 6.07. The molecule has 0 spiro atoms. The molecule has 1 aliphatic heterocycles. The van der Waals surface area contributed by atoms with Crippen molar-refractivity contribution in [2.75, 3.05) is 18.6 Å². The lowest BCUT2D eigenvalue weighted by Crippen LogP contribution is -2.42. The number of hydrogen-bond acceptors (Lipinski definition) is 5. The molecule has 2 N–H and O–H groups in total. The third-order valence-electron chi connectivity index (χ3n) is 7.91. The summed E-state index contributed by atoms with van der Waals surface area (Å²) in [5, 5.41) is 20.3. The summed E-state index contributed by atoms with van der Waals surface area (Å²) in [5.74, 6) is -0.760. The van der Waals surface area contributed by atoms with E-state index in [-0.39, 0.29) is 24.6 Å². The number of carboxylic acid groups (broad SMARTS) is 1. The fourth-order valence-corrected chi connectivity index (χ4v) is 6.07. The quantitative estimate of drug-likeness (QED) is 0.527. The number of nitrogens with zero attached hydrogens (tertiary/aromatic N) is 3. The van der Waals surface area contributed by atoms with E-state index >= 15 is 0 Å². The van der Waals surface area contributed by atoms with E-state index in [1.165, 1.54) is 7.11 Å². The number of rotatable bonds is 5. The molecule has 2 aromatic carbocycles. The largest absolute Gasteiger partial charge is 0.481 e. The molecule has 1 aromatic heterocycles. The molecule has 5 rings (SSSR count). The average Bonchev–Trinajstić information content (AvgIpc) is 3.28. The summed E-state index contributed by atoms with van der Waals surface area (Å²) in [4.78, 5) is 31.3. The third kappa shape index (κ3) is 4.13.